The summed E-state index contributed by atoms with van der Waals surface area (Å²) >= 11 is 1.40. The van der Waals surface area contributed by atoms with E-state index < -0.39 is 0 Å². The number of ketones is 1. The fourth-order valence-electron chi connectivity index (χ4n) is 4.50. The third-order valence-corrected chi connectivity index (χ3v) is 7.26. The van der Waals surface area contributed by atoms with E-state index in [-0.39, 0.29) is 29.9 Å². The highest BCUT2D eigenvalue weighted by molar-refractivity contribution is 8.00. The summed E-state index contributed by atoms with van der Waals surface area (Å²) in [5.41, 5.74) is 5.18. The van der Waals surface area contributed by atoms with Gasteiger partial charge in [-0.3, -0.25) is 14.4 Å². The first-order valence-corrected chi connectivity index (χ1v) is 12.5. The summed E-state index contributed by atoms with van der Waals surface area (Å²) in [4.78, 5) is 38.8. The fraction of sp³-hybridized carbons (Fsp3) is 0.138. The standard InChI is InChI=1S/C29H24N2O3S/c1-2-18-8-3-6-13-24(18)31-26(32)16-30-27(33)17-35-25-15-14-20-19-9-4-5-10-21(19)29(34)23-12-7-11-22(25)28(20)23/h3-15H,2,16-17H2,1H3,(H,30,33)(H,31,32). The Morgan fingerprint density at radius 3 is 2.34 bits per heavy atom. The van der Waals surface area contributed by atoms with Crippen molar-refractivity contribution in [3.05, 3.63) is 95.6 Å². The Morgan fingerprint density at radius 1 is 0.771 bits per heavy atom. The second kappa shape index (κ2) is 9.76. The molecule has 0 fully saturated rings. The molecule has 4 aromatic rings. The molecule has 0 unspecified atom stereocenters. The molecule has 0 aromatic heterocycles. The van der Waals surface area contributed by atoms with Crippen LogP contribution in [0.1, 0.15) is 28.4 Å². The summed E-state index contributed by atoms with van der Waals surface area (Å²) in [6.07, 6.45) is 0.811. The van der Waals surface area contributed by atoms with Gasteiger partial charge in [-0.25, -0.2) is 0 Å². The highest BCUT2D eigenvalue weighted by Crippen LogP contribution is 2.42. The van der Waals surface area contributed by atoms with Crippen LogP contribution in [0.2, 0.25) is 0 Å². The second-order valence-electron chi connectivity index (χ2n) is 8.34. The van der Waals surface area contributed by atoms with Crippen molar-refractivity contribution >= 4 is 45.8 Å². The zero-order valence-electron chi connectivity index (χ0n) is 19.3. The number of hydrogen-bond acceptors (Lipinski definition) is 4. The lowest BCUT2D eigenvalue weighted by Crippen LogP contribution is -2.34. The lowest BCUT2D eigenvalue weighted by atomic mass is 9.83. The molecule has 1 aliphatic carbocycles. The van der Waals surface area contributed by atoms with E-state index in [1.54, 1.807) is 0 Å². The molecule has 0 heterocycles. The molecule has 4 aromatic carbocycles. The average molecular weight is 481 g/mol. The molecule has 174 valence electrons. The van der Waals surface area contributed by atoms with Gasteiger partial charge in [-0.05, 0) is 40.6 Å². The van der Waals surface area contributed by atoms with Crippen LogP contribution >= 0.6 is 11.8 Å². The summed E-state index contributed by atoms with van der Waals surface area (Å²) < 4.78 is 0. The number of aryl methyl sites for hydroxylation is 1. The Bertz CT molecular complexity index is 1480. The van der Waals surface area contributed by atoms with Crippen molar-refractivity contribution in [3.63, 3.8) is 0 Å². The van der Waals surface area contributed by atoms with Crippen molar-refractivity contribution in [3.8, 4) is 11.1 Å². The molecule has 35 heavy (non-hydrogen) atoms. The minimum atomic E-state index is -0.261. The van der Waals surface area contributed by atoms with Crippen LogP contribution in [0.3, 0.4) is 0 Å². The van der Waals surface area contributed by atoms with Crippen LogP contribution in [-0.2, 0) is 16.0 Å². The van der Waals surface area contributed by atoms with Gasteiger partial charge in [0.05, 0.1) is 12.3 Å². The van der Waals surface area contributed by atoms with Gasteiger partial charge in [0.2, 0.25) is 11.8 Å². The molecule has 0 radical (unpaired) electrons. The minimum absolute atomic E-state index is 0.0225. The van der Waals surface area contributed by atoms with Gasteiger partial charge in [-0.15, -0.1) is 11.8 Å². The van der Waals surface area contributed by atoms with Crippen LogP contribution in [0, 0.1) is 0 Å². The van der Waals surface area contributed by atoms with Gasteiger partial charge in [-0.1, -0.05) is 73.7 Å². The van der Waals surface area contributed by atoms with Gasteiger partial charge in [0.1, 0.15) is 0 Å². The lowest BCUT2D eigenvalue weighted by Gasteiger charge is -2.21. The molecule has 2 N–H and O–H groups in total. The van der Waals surface area contributed by atoms with Crippen LogP contribution in [0.5, 0.6) is 0 Å². The number of anilines is 1. The molecule has 5 rings (SSSR count). The number of fused-ring (bicyclic) bond motifs is 2. The number of para-hydroxylation sites is 1. The first-order valence-electron chi connectivity index (χ1n) is 11.5. The SMILES string of the molecule is CCc1ccccc1NC(=O)CNC(=O)CSc1ccc2c3c(cccc13)C(=O)c1ccccc1-2. The maximum absolute atomic E-state index is 13.1. The average Bonchev–Trinajstić information content (AvgIpc) is 2.89. The third kappa shape index (κ3) is 4.45. The number of benzene rings is 4. The molecule has 6 heteroatoms. The Balaban J connectivity index is 1.27. The summed E-state index contributed by atoms with van der Waals surface area (Å²) in [5.74, 6) is -0.296. The Labute approximate surface area is 207 Å². The topological polar surface area (TPSA) is 75.3 Å². The zero-order valence-corrected chi connectivity index (χ0v) is 20.1. The normalized spacial score (nSPS) is 11.7. The van der Waals surface area contributed by atoms with Crippen molar-refractivity contribution < 1.29 is 14.4 Å². The van der Waals surface area contributed by atoms with E-state index in [1.807, 2.05) is 85.8 Å². The van der Waals surface area contributed by atoms with Gasteiger partial charge in [-0.2, -0.15) is 0 Å². The largest absolute Gasteiger partial charge is 0.346 e. The molecule has 0 bridgehead atoms. The number of nitrogens with one attached hydrogen (secondary N) is 2. The zero-order chi connectivity index (χ0) is 24.4. The van der Waals surface area contributed by atoms with E-state index in [2.05, 4.69) is 10.6 Å². The van der Waals surface area contributed by atoms with Crippen LogP contribution < -0.4 is 10.6 Å². The number of amides is 2. The van der Waals surface area contributed by atoms with Gasteiger partial charge in [0.15, 0.2) is 5.78 Å². The van der Waals surface area contributed by atoms with E-state index in [1.165, 1.54) is 11.8 Å². The summed E-state index contributed by atoms with van der Waals surface area (Å²) in [5, 5.41) is 7.44. The van der Waals surface area contributed by atoms with Gasteiger partial charge >= 0.3 is 0 Å². The van der Waals surface area contributed by atoms with Crippen LogP contribution in [0.15, 0.2) is 83.8 Å². The first-order chi connectivity index (χ1) is 17.1. The monoisotopic (exact) mass is 480 g/mol. The quantitative estimate of drug-likeness (QED) is 0.303. The van der Waals surface area contributed by atoms with Crippen molar-refractivity contribution in [1.82, 2.24) is 5.32 Å². The molecule has 5 nitrogen and oxygen atoms in total. The molecule has 0 spiro atoms. The minimum Gasteiger partial charge on any atom is -0.346 e. The lowest BCUT2D eigenvalue weighted by molar-refractivity contribution is -0.122. The predicted octanol–water partition coefficient (Wildman–Crippen LogP) is 5.46. The van der Waals surface area contributed by atoms with Gasteiger partial charge in [0, 0.05) is 27.1 Å². The number of hydrogen-bond donors (Lipinski definition) is 2. The molecule has 0 aliphatic heterocycles. The van der Waals surface area contributed by atoms with Crippen molar-refractivity contribution in [1.29, 1.82) is 0 Å². The molecule has 1 aliphatic rings. The van der Waals surface area contributed by atoms with E-state index >= 15 is 0 Å². The van der Waals surface area contributed by atoms with Crippen molar-refractivity contribution in [2.24, 2.45) is 0 Å². The maximum atomic E-state index is 13.1. The van der Waals surface area contributed by atoms with Gasteiger partial charge < -0.3 is 10.6 Å². The second-order valence-corrected chi connectivity index (χ2v) is 9.36. The molecular weight excluding hydrogens is 456 g/mol. The Morgan fingerprint density at radius 2 is 1.51 bits per heavy atom. The highest BCUT2D eigenvalue weighted by Gasteiger charge is 2.25. The number of thioether (sulfide) groups is 1. The van der Waals surface area contributed by atoms with Crippen LogP contribution in [-0.4, -0.2) is 29.9 Å². The highest BCUT2D eigenvalue weighted by atomic mass is 32.2. The van der Waals surface area contributed by atoms with Crippen LogP contribution in [0.4, 0.5) is 5.69 Å². The first kappa shape index (κ1) is 22.9. The summed E-state index contributed by atoms with van der Waals surface area (Å²) in [6.45, 7) is 1.94. The molecular formula is C29H24N2O3S. The summed E-state index contributed by atoms with van der Waals surface area (Å²) in [6, 6.07) is 25.1. The molecule has 2 amide bonds. The number of rotatable bonds is 7. The number of carbonyl (C=O) groups is 3. The molecule has 0 atom stereocenters. The van der Waals surface area contributed by atoms with E-state index in [4.69, 9.17) is 0 Å². The predicted molar refractivity (Wildman–Crippen MR) is 141 cm³/mol. The Hall–Kier alpha value is -3.90. The third-order valence-electron chi connectivity index (χ3n) is 6.18. The van der Waals surface area contributed by atoms with Crippen molar-refractivity contribution in [2.75, 3.05) is 17.6 Å². The van der Waals surface area contributed by atoms with E-state index in [0.717, 1.165) is 44.5 Å². The van der Waals surface area contributed by atoms with Crippen LogP contribution in [0.25, 0.3) is 21.9 Å². The van der Waals surface area contributed by atoms with Gasteiger partial charge in [0.25, 0.3) is 0 Å². The van der Waals surface area contributed by atoms with Crippen molar-refractivity contribution in [2.45, 2.75) is 18.2 Å². The van der Waals surface area contributed by atoms with E-state index in [9.17, 15) is 14.4 Å². The Kier molecular flexibility index (Phi) is 6.38. The molecule has 0 saturated heterocycles. The number of carbonyl (C=O) groups excluding carboxylic acids is 3. The van der Waals surface area contributed by atoms with E-state index in [0.29, 0.717) is 11.1 Å². The fourth-order valence-corrected chi connectivity index (χ4v) is 5.38. The molecule has 0 saturated carbocycles. The maximum Gasteiger partial charge on any atom is 0.243 e. The smallest absolute Gasteiger partial charge is 0.243 e. The summed E-state index contributed by atoms with van der Waals surface area (Å²) in [7, 11) is 0.